The molecule has 3 aliphatic rings. The van der Waals surface area contributed by atoms with Crippen molar-refractivity contribution < 1.29 is 9.53 Å². The average Bonchev–Trinajstić information content (AvgIpc) is 2.84. The Morgan fingerprint density at radius 2 is 2.03 bits per heavy atom. The molecule has 31 heavy (non-hydrogen) atoms. The molecule has 7 nitrogen and oxygen atoms in total. The molecule has 2 fully saturated rings. The normalized spacial score (nSPS) is 23.6. The van der Waals surface area contributed by atoms with Crippen LogP contribution in [0.15, 0.2) is 36.8 Å². The highest BCUT2D eigenvalue weighted by Crippen LogP contribution is 2.38. The number of anilines is 2. The Balaban J connectivity index is 1.43. The van der Waals surface area contributed by atoms with Crippen molar-refractivity contribution in [2.24, 2.45) is 5.92 Å². The Bertz CT molecular complexity index is 915. The van der Waals surface area contributed by atoms with Gasteiger partial charge in [-0.3, -0.25) is 9.78 Å². The number of rotatable bonds is 4. The van der Waals surface area contributed by atoms with E-state index in [1.165, 1.54) is 30.5 Å². The van der Waals surface area contributed by atoms with Gasteiger partial charge in [-0.2, -0.15) is 0 Å². The van der Waals surface area contributed by atoms with Crippen LogP contribution in [0.3, 0.4) is 0 Å². The largest absolute Gasteiger partial charge is 0.497 e. The Hall–Kier alpha value is -2.83. The molecule has 2 aromatic rings. The molecule has 0 radical (unpaired) electrons. The lowest BCUT2D eigenvalue weighted by Crippen LogP contribution is -2.62. The van der Waals surface area contributed by atoms with Gasteiger partial charge in [0.15, 0.2) is 0 Å². The summed E-state index contributed by atoms with van der Waals surface area (Å²) in [4.78, 5) is 26.9. The molecule has 2 aliphatic heterocycles. The highest BCUT2D eigenvalue weighted by Gasteiger charge is 2.42. The number of benzene rings is 1. The molecular weight excluding hydrogens is 390 g/mol. The first-order chi connectivity index (χ1) is 15.2. The minimum Gasteiger partial charge on any atom is -0.497 e. The maximum absolute atomic E-state index is 13.5. The number of aromatic nitrogens is 2. The van der Waals surface area contributed by atoms with Crippen molar-refractivity contribution in [3.05, 3.63) is 42.4 Å². The first kappa shape index (κ1) is 20.1. The molecule has 1 aromatic carbocycles. The molecule has 1 saturated heterocycles. The third-order valence-electron chi connectivity index (χ3n) is 7.09. The van der Waals surface area contributed by atoms with E-state index in [1.54, 1.807) is 19.5 Å². The highest BCUT2D eigenvalue weighted by atomic mass is 16.5. The summed E-state index contributed by atoms with van der Waals surface area (Å²) in [5.74, 6) is 1.86. The lowest BCUT2D eigenvalue weighted by atomic mass is 9.82. The van der Waals surface area contributed by atoms with Gasteiger partial charge in [0.05, 0.1) is 25.3 Å². The molecule has 2 atom stereocenters. The average molecular weight is 422 g/mol. The van der Waals surface area contributed by atoms with Crippen molar-refractivity contribution in [2.45, 2.75) is 50.6 Å². The molecule has 1 amide bonds. The predicted molar refractivity (Wildman–Crippen MR) is 121 cm³/mol. The third-order valence-corrected chi connectivity index (χ3v) is 7.09. The number of hydrogen-bond acceptors (Lipinski definition) is 6. The summed E-state index contributed by atoms with van der Waals surface area (Å²) in [5, 5.41) is 3.39. The SMILES string of the molecule is COc1ccc2c(c1)N1CCN(c3cnccn3)C[C@H]1[C@H](C(=O)NC1CCCCC1)C2. The quantitative estimate of drug-likeness (QED) is 0.819. The maximum Gasteiger partial charge on any atom is 0.225 e. The number of hydrogen-bond donors (Lipinski definition) is 1. The number of ether oxygens (including phenoxy) is 1. The Morgan fingerprint density at radius 3 is 2.81 bits per heavy atom. The number of piperazine rings is 1. The van der Waals surface area contributed by atoms with E-state index in [0.717, 1.165) is 50.5 Å². The summed E-state index contributed by atoms with van der Waals surface area (Å²) >= 11 is 0. The number of methoxy groups -OCH3 is 1. The molecule has 1 aliphatic carbocycles. The Labute approximate surface area is 183 Å². The summed E-state index contributed by atoms with van der Waals surface area (Å²) in [6, 6.07) is 6.67. The number of nitrogens with zero attached hydrogens (tertiary/aromatic N) is 4. The monoisotopic (exact) mass is 421 g/mol. The topological polar surface area (TPSA) is 70.6 Å². The Morgan fingerprint density at radius 1 is 1.16 bits per heavy atom. The van der Waals surface area contributed by atoms with E-state index in [2.05, 4.69) is 37.2 Å². The minimum absolute atomic E-state index is 0.0812. The second kappa shape index (κ2) is 8.73. The molecule has 0 bridgehead atoms. The van der Waals surface area contributed by atoms with E-state index >= 15 is 0 Å². The van der Waals surface area contributed by atoms with Crippen molar-refractivity contribution in [1.82, 2.24) is 15.3 Å². The van der Waals surface area contributed by atoms with Crippen molar-refractivity contribution >= 4 is 17.4 Å². The first-order valence-electron chi connectivity index (χ1n) is 11.5. The molecule has 1 saturated carbocycles. The smallest absolute Gasteiger partial charge is 0.225 e. The summed E-state index contributed by atoms with van der Waals surface area (Å²) in [5.41, 5.74) is 2.43. The fourth-order valence-corrected chi connectivity index (χ4v) is 5.42. The van der Waals surface area contributed by atoms with Gasteiger partial charge in [0.2, 0.25) is 5.91 Å². The summed E-state index contributed by atoms with van der Waals surface area (Å²) in [6.45, 7) is 2.45. The van der Waals surface area contributed by atoms with Gasteiger partial charge in [-0.1, -0.05) is 25.3 Å². The van der Waals surface area contributed by atoms with Crippen LogP contribution in [-0.2, 0) is 11.2 Å². The number of fused-ring (bicyclic) bond motifs is 3. The molecule has 0 spiro atoms. The van der Waals surface area contributed by atoms with Crippen molar-refractivity contribution in [3.63, 3.8) is 0 Å². The number of carbonyl (C=O) groups is 1. The van der Waals surface area contributed by atoms with Crippen LogP contribution in [0.1, 0.15) is 37.7 Å². The standard InChI is InChI=1S/C24H31N5O2/c1-31-19-8-7-17-13-20(24(30)27-18-5-3-2-4-6-18)22-16-28(23-15-25-9-10-26-23)11-12-29(22)21(17)14-19/h7-10,14-15,18,20,22H,2-6,11-13,16H2,1H3,(H,27,30)/t20-,22+/m1/s1. The molecule has 1 N–H and O–H groups in total. The zero-order valence-electron chi connectivity index (χ0n) is 18.2. The number of nitrogens with one attached hydrogen (secondary N) is 1. The van der Waals surface area contributed by atoms with Gasteiger partial charge < -0.3 is 19.9 Å². The second-order valence-electron chi connectivity index (χ2n) is 8.92. The zero-order chi connectivity index (χ0) is 21.2. The predicted octanol–water partition coefficient (Wildman–Crippen LogP) is 2.80. The number of amides is 1. The molecular formula is C24H31N5O2. The van der Waals surface area contributed by atoms with Crippen LogP contribution in [0, 0.1) is 5.92 Å². The number of carbonyl (C=O) groups excluding carboxylic acids is 1. The first-order valence-corrected chi connectivity index (χ1v) is 11.5. The van der Waals surface area contributed by atoms with Crippen LogP contribution in [0.5, 0.6) is 5.75 Å². The molecule has 5 rings (SSSR count). The van der Waals surface area contributed by atoms with Gasteiger partial charge >= 0.3 is 0 Å². The highest BCUT2D eigenvalue weighted by molar-refractivity contribution is 5.82. The van der Waals surface area contributed by atoms with E-state index in [9.17, 15) is 4.79 Å². The van der Waals surface area contributed by atoms with Crippen molar-refractivity contribution in [3.8, 4) is 5.75 Å². The van der Waals surface area contributed by atoms with Crippen LogP contribution in [0.25, 0.3) is 0 Å². The van der Waals surface area contributed by atoms with Crippen LogP contribution < -0.4 is 19.9 Å². The van der Waals surface area contributed by atoms with Gasteiger partial charge in [0.1, 0.15) is 11.6 Å². The van der Waals surface area contributed by atoms with Crippen LogP contribution in [-0.4, -0.2) is 54.7 Å². The van der Waals surface area contributed by atoms with E-state index in [4.69, 9.17) is 4.74 Å². The lowest BCUT2D eigenvalue weighted by molar-refractivity contribution is -0.126. The maximum atomic E-state index is 13.5. The molecule has 164 valence electrons. The van der Waals surface area contributed by atoms with Gasteiger partial charge in [-0.05, 0) is 30.9 Å². The zero-order valence-corrected chi connectivity index (χ0v) is 18.2. The van der Waals surface area contributed by atoms with Crippen molar-refractivity contribution in [1.29, 1.82) is 0 Å². The van der Waals surface area contributed by atoms with Crippen LogP contribution in [0.4, 0.5) is 11.5 Å². The molecule has 0 unspecified atom stereocenters. The van der Waals surface area contributed by atoms with E-state index in [1.807, 2.05) is 12.3 Å². The Kier molecular flexibility index (Phi) is 5.66. The molecule has 3 heterocycles. The van der Waals surface area contributed by atoms with Crippen molar-refractivity contribution in [2.75, 3.05) is 36.5 Å². The van der Waals surface area contributed by atoms with Gasteiger partial charge in [-0.25, -0.2) is 4.98 Å². The second-order valence-corrected chi connectivity index (χ2v) is 8.92. The lowest BCUT2D eigenvalue weighted by Gasteiger charge is -2.49. The van der Waals surface area contributed by atoms with Gasteiger partial charge in [-0.15, -0.1) is 0 Å². The van der Waals surface area contributed by atoms with E-state index in [0.29, 0.717) is 6.04 Å². The molecule has 1 aromatic heterocycles. The fourth-order valence-electron chi connectivity index (χ4n) is 5.42. The van der Waals surface area contributed by atoms with E-state index < -0.39 is 0 Å². The van der Waals surface area contributed by atoms with Crippen LogP contribution in [0.2, 0.25) is 0 Å². The summed E-state index contributed by atoms with van der Waals surface area (Å²) < 4.78 is 5.49. The van der Waals surface area contributed by atoms with Gasteiger partial charge in [0, 0.05) is 49.8 Å². The fraction of sp³-hybridized carbons (Fsp3) is 0.542. The third kappa shape index (κ3) is 4.05. The summed E-state index contributed by atoms with van der Waals surface area (Å²) in [6.07, 6.45) is 11.9. The van der Waals surface area contributed by atoms with E-state index in [-0.39, 0.29) is 17.9 Å². The summed E-state index contributed by atoms with van der Waals surface area (Å²) in [7, 11) is 1.70. The van der Waals surface area contributed by atoms with Gasteiger partial charge in [0.25, 0.3) is 0 Å². The van der Waals surface area contributed by atoms with Crippen LogP contribution >= 0.6 is 0 Å². The minimum atomic E-state index is -0.0812. The molecule has 7 heteroatoms.